The largest absolute Gasteiger partial charge is 0.394 e. The summed E-state index contributed by atoms with van der Waals surface area (Å²) in [5, 5.41) is 39.4. The first-order valence-electron chi connectivity index (χ1n) is 4.55. The zero-order valence-corrected chi connectivity index (χ0v) is 8.20. The second-order valence-electron chi connectivity index (χ2n) is 3.46. The molecule has 5 N–H and O–H groups in total. The number of carbonyl (C=O) groups excluding carboxylic acids is 1. The smallest absolute Gasteiger partial charge is 0.217 e. The van der Waals surface area contributed by atoms with Crippen LogP contribution in [0.1, 0.15) is 6.92 Å². The van der Waals surface area contributed by atoms with E-state index >= 15 is 0 Å². The second kappa shape index (κ2) is 4.86. The van der Waals surface area contributed by atoms with E-state index in [2.05, 4.69) is 5.32 Å². The van der Waals surface area contributed by atoms with Crippen LogP contribution in [0.2, 0.25) is 0 Å². The normalized spacial score (nSPS) is 41.3. The van der Waals surface area contributed by atoms with E-state index in [1.165, 1.54) is 6.92 Å². The van der Waals surface area contributed by atoms with Crippen molar-refractivity contribution in [2.24, 2.45) is 0 Å². The van der Waals surface area contributed by atoms with E-state index in [9.17, 15) is 20.1 Å². The molecule has 0 aromatic heterocycles. The molecule has 0 aromatic carbocycles. The third-order valence-corrected chi connectivity index (χ3v) is 2.27. The fourth-order valence-electron chi connectivity index (χ4n) is 1.49. The van der Waals surface area contributed by atoms with E-state index in [-0.39, 0.29) is 0 Å². The maximum Gasteiger partial charge on any atom is 0.217 e. The summed E-state index contributed by atoms with van der Waals surface area (Å²) in [7, 11) is 0. The van der Waals surface area contributed by atoms with Crippen LogP contribution in [0.15, 0.2) is 0 Å². The monoisotopic (exact) mass is 221 g/mol. The number of aliphatic hydroxyl groups is 4. The summed E-state index contributed by atoms with van der Waals surface area (Å²) in [5.41, 5.74) is 0. The van der Waals surface area contributed by atoms with Crippen LogP contribution in [0.4, 0.5) is 0 Å². The standard InChI is InChI=1S/C8H15NO6/c1-3(11)9-5-7(13)6(12)4(2-10)15-8(5)14/h4-8,10,12-14H,2H2,1H3,(H,9,11)/t4?,5?,6-,7-,8-/m0/s1. The molecule has 0 radical (unpaired) electrons. The zero-order valence-electron chi connectivity index (χ0n) is 8.20. The van der Waals surface area contributed by atoms with Gasteiger partial charge in [-0.15, -0.1) is 0 Å². The van der Waals surface area contributed by atoms with Crippen molar-refractivity contribution in [2.45, 2.75) is 37.6 Å². The van der Waals surface area contributed by atoms with Gasteiger partial charge in [0.2, 0.25) is 5.91 Å². The Morgan fingerprint density at radius 1 is 1.33 bits per heavy atom. The van der Waals surface area contributed by atoms with Crippen molar-refractivity contribution in [2.75, 3.05) is 6.61 Å². The Kier molecular flexibility index (Phi) is 4.00. The molecule has 1 amide bonds. The van der Waals surface area contributed by atoms with Crippen LogP contribution < -0.4 is 5.32 Å². The molecule has 1 heterocycles. The van der Waals surface area contributed by atoms with Gasteiger partial charge in [0.25, 0.3) is 0 Å². The first-order valence-corrected chi connectivity index (χ1v) is 4.55. The average molecular weight is 221 g/mol. The Morgan fingerprint density at radius 3 is 2.40 bits per heavy atom. The molecule has 1 aliphatic heterocycles. The lowest BCUT2D eigenvalue weighted by Gasteiger charge is -2.40. The van der Waals surface area contributed by atoms with E-state index in [1.54, 1.807) is 0 Å². The summed E-state index contributed by atoms with van der Waals surface area (Å²) in [6, 6.07) is -1.10. The van der Waals surface area contributed by atoms with E-state index in [0.29, 0.717) is 0 Å². The molecular formula is C8H15NO6. The highest BCUT2D eigenvalue weighted by Gasteiger charge is 2.43. The SMILES string of the molecule is CC(=O)NC1[C@@H](O)OC(CO)[C@H](O)[C@H]1O. The van der Waals surface area contributed by atoms with Gasteiger partial charge in [-0.1, -0.05) is 0 Å². The molecule has 0 bridgehead atoms. The van der Waals surface area contributed by atoms with Crippen LogP contribution in [0.3, 0.4) is 0 Å². The van der Waals surface area contributed by atoms with Crippen molar-refractivity contribution in [1.29, 1.82) is 0 Å². The number of aliphatic hydroxyl groups excluding tert-OH is 4. The molecule has 88 valence electrons. The third kappa shape index (κ3) is 2.64. The van der Waals surface area contributed by atoms with Crippen molar-refractivity contribution in [3.05, 3.63) is 0 Å². The first-order chi connectivity index (χ1) is 6.97. The predicted octanol–water partition coefficient (Wildman–Crippen LogP) is -3.08. The number of hydrogen-bond acceptors (Lipinski definition) is 6. The van der Waals surface area contributed by atoms with Gasteiger partial charge in [0, 0.05) is 6.92 Å². The molecule has 1 rings (SSSR count). The Hall–Kier alpha value is -0.730. The maximum atomic E-state index is 10.7. The topological polar surface area (TPSA) is 119 Å². The van der Waals surface area contributed by atoms with Crippen LogP contribution in [0.5, 0.6) is 0 Å². The molecule has 1 saturated heterocycles. The van der Waals surface area contributed by atoms with Gasteiger partial charge in [-0.2, -0.15) is 0 Å². The predicted molar refractivity (Wildman–Crippen MR) is 47.6 cm³/mol. The van der Waals surface area contributed by atoms with E-state index in [4.69, 9.17) is 9.84 Å². The van der Waals surface area contributed by atoms with Gasteiger partial charge in [-0.25, -0.2) is 0 Å². The summed E-state index contributed by atoms with van der Waals surface area (Å²) in [5.74, 6) is -0.462. The first kappa shape index (κ1) is 12.3. The molecule has 1 aliphatic rings. The number of rotatable bonds is 2. The molecular weight excluding hydrogens is 206 g/mol. The van der Waals surface area contributed by atoms with Crippen LogP contribution >= 0.6 is 0 Å². The lowest BCUT2D eigenvalue weighted by Crippen LogP contribution is -2.63. The lowest BCUT2D eigenvalue weighted by molar-refractivity contribution is -0.253. The summed E-state index contributed by atoms with van der Waals surface area (Å²) in [4.78, 5) is 10.7. The van der Waals surface area contributed by atoms with Crippen molar-refractivity contribution < 1.29 is 30.0 Å². The van der Waals surface area contributed by atoms with Crippen LogP contribution in [0, 0.1) is 0 Å². The Balaban J connectivity index is 2.70. The maximum absolute atomic E-state index is 10.7. The van der Waals surface area contributed by atoms with E-state index in [0.717, 1.165) is 0 Å². The van der Waals surface area contributed by atoms with Crippen molar-refractivity contribution in [3.63, 3.8) is 0 Å². The van der Waals surface area contributed by atoms with Gasteiger partial charge in [-0.3, -0.25) is 4.79 Å². The summed E-state index contributed by atoms with van der Waals surface area (Å²) < 4.78 is 4.81. The molecule has 7 nitrogen and oxygen atoms in total. The van der Waals surface area contributed by atoms with E-state index < -0.39 is 43.2 Å². The Bertz CT molecular complexity index is 235. The highest BCUT2D eigenvalue weighted by molar-refractivity contribution is 5.73. The molecule has 0 saturated carbocycles. The quantitative estimate of drug-likeness (QED) is 0.337. The van der Waals surface area contributed by atoms with Crippen LogP contribution in [0.25, 0.3) is 0 Å². The summed E-state index contributed by atoms with van der Waals surface area (Å²) in [6.07, 6.45) is -5.24. The number of carbonyl (C=O) groups is 1. The summed E-state index contributed by atoms with van der Waals surface area (Å²) in [6.45, 7) is 0.687. The molecule has 15 heavy (non-hydrogen) atoms. The fourth-order valence-corrected chi connectivity index (χ4v) is 1.49. The number of amides is 1. The van der Waals surface area contributed by atoms with Crippen molar-refractivity contribution >= 4 is 5.91 Å². The molecule has 5 atom stereocenters. The number of nitrogens with one attached hydrogen (secondary N) is 1. The molecule has 2 unspecified atom stereocenters. The minimum absolute atomic E-state index is 0.462. The molecule has 7 heteroatoms. The summed E-state index contributed by atoms with van der Waals surface area (Å²) >= 11 is 0. The van der Waals surface area contributed by atoms with Gasteiger partial charge < -0.3 is 30.5 Å². The van der Waals surface area contributed by atoms with Gasteiger partial charge in [0.1, 0.15) is 24.4 Å². The highest BCUT2D eigenvalue weighted by Crippen LogP contribution is 2.19. The zero-order chi connectivity index (χ0) is 11.6. The van der Waals surface area contributed by atoms with Gasteiger partial charge >= 0.3 is 0 Å². The van der Waals surface area contributed by atoms with E-state index in [1.807, 2.05) is 0 Å². The van der Waals surface area contributed by atoms with Crippen LogP contribution in [-0.4, -0.2) is 63.6 Å². The number of ether oxygens (including phenoxy) is 1. The molecule has 0 spiro atoms. The Labute approximate surface area is 86.3 Å². The van der Waals surface area contributed by atoms with Gasteiger partial charge in [0.05, 0.1) is 6.61 Å². The van der Waals surface area contributed by atoms with Crippen LogP contribution in [-0.2, 0) is 9.53 Å². The molecule has 1 fully saturated rings. The fraction of sp³-hybridized carbons (Fsp3) is 0.875. The number of hydrogen-bond donors (Lipinski definition) is 5. The lowest BCUT2D eigenvalue weighted by atomic mass is 9.97. The third-order valence-electron chi connectivity index (χ3n) is 2.27. The minimum atomic E-state index is -1.45. The van der Waals surface area contributed by atoms with Gasteiger partial charge in [-0.05, 0) is 0 Å². The minimum Gasteiger partial charge on any atom is -0.394 e. The average Bonchev–Trinajstić information content (AvgIpc) is 2.18. The van der Waals surface area contributed by atoms with Crippen molar-refractivity contribution in [1.82, 2.24) is 5.32 Å². The van der Waals surface area contributed by atoms with Crippen molar-refractivity contribution in [3.8, 4) is 0 Å². The second-order valence-corrected chi connectivity index (χ2v) is 3.46. The molecule has 0 aromatic rings. The molecule has 0 aliphatic carbocycles. The van der Waals surface area contributed by atoms with Gasteiger partial charge in [0.15, 0.2) is 6.29 Å². The highest BCUT2D eigenvalue weighted by atomic mass is 16.6. The Morgan fingerprint density at radius 2 is 1.93 bits per heavy atom.